The van der Waals surface area contributed by atoms with Gasteiger partial charge >= 0.3 is 7.60 Å². The Labute approximate surface area is 85.1 Å². The number of hydrogen-bond acceptors (Lipinski definition) is 1. The quantitative estimate of drug-likeness (QED) is 0.401. The fraction of sp³-hybridized carbons (Fsp3) is 1.00. The molecule has 39 valence electrons. The molecule has 7 heavy (non-hydrogen) atoms. The molecule has 0 fully saturated rings. The summed E-state index contributed by atoms with van der Waals surface area (Å²) in [7, 11) is -3.65. The van der Waals surface area contributed by atoms with Gasteiger partial charge in [0, 0.05) is 57.5 Å². The minimum Gasteiger partial charge on any atom is -0.324 e. The van der Waals surface area contributed by atoms with Gasteiger partial charge in [0.1, 0.15) is 0 Å². The van der Waals surface area contributed by atoms with E-state index in [0.717, 1.165) is 0 Å². The molecule has 3 nitrogen and oxygen atoms in total. The van der Waals surface area contributed by atoms with Gasteiger partial charge in [-0.3, -0.25) is 4.57 Å². The third kappa shape index (κ3) is 11.4. The van der Waals surface area contributed by atoms with Crippen LogP contribution in [0.5, 0.6) is 0 Å². The van der Waals surface area contributed by atoms with Crippen LogP contribution in [-0.2, 0) is 4.57 Å². The Bertz CT molecular complexity index is 77.0. The Morgan fingerprint density at radius 3 is 1.71 bits per heavy atom. The molecule has 0 aliphatic carbocycles. The maximum Gasteiger partial charge on any atom is 0.325 e. The Morgan fingerprint density at radius 2 is 1.71 bits per heavy atom. The Balaban J connectivity index is 0. The molecular formula is C2H7KO3P. The van der Waals surface area contributed by atoms with Gasteiger partial charge in [0.15, 0.2) is 0 Å². The molecule has 0 heterocycles. The molecule has 1 radical (unpaired) electrons. The first kappa shape index (κ1) is 11.6. The van der Waals surface area contributed by atoms with Crippen LogP contribution < -0.4 is 0 Å². The summed E-state index contributed by atoms with van der Waals surface area (Å²) in [5.41, 5.74) is 0. The molecule has 2 N–H and O–H groups in total. The molecule has 0 aromatic rings. The Kier molecular flexibility index (Phi) is 7.68. The van der Waals surface area contributed by atoms with E-state index in [9.17, 15) is 4.57 Å². The number of rotatable bonds is 1. The third-order valence-corrected chi connectivity index (χ3v) is 1.24. The average Bonchev–Trinajstić information content (AvgIpc) is 1.35. The van der Waals surface area contributed by atoms with E-state index >= 15 is 0 Å². The van der Waals surface area contributed by atoms with E-state index in [1.165, 1.54) is 6.92 Å². The average molecular weight is 149 g/mol. The third-order valence-electron chi connectivity index (χ3n) is 0.412. The molecule has 5 heteroatoms. The second kappa shape index (κ2) is 4.65. The SMILES string of the molecule is CCP(=O)(O)O.[K]. The predicted octanol–water partition coefficient (Wildman–Crippen LogP) is -0.197. The van der Waals surface area contributed by atoms with Gasteiger partial charge in [-0.25, -0.2) is 0 Å². The minimum absolute atomic E-state index is 0. The van der Waals surface area contributed by atoms with Crippen LogP contribution in [0.3, 0.4) is 0 Å². The van der Waals surface area contributed by atoms with Crippen molar-refractivity contribution in [3.8, 4) is 0 Å². The van der Waals surface area contributed by atoms with Gasteiger partial charge in [-0.15, -0.1) is 0 Å². The van der Waals surface area contributed by atoms with Crippen molar-refractivity contribution < 1.29 is 14.4 Å². The molecule has 0 atom stereocenters. The van der Waals surface area contributed by atoms with Crippen molar-refractivity contribution in [3.63, 3.8) is 0 Å². The maximum atomic E-state index is 9.69. The van der Waals surface area contributed by atoms with E-state index < -0.39 is 7.60 Å². The Hall–Kier alpha value is 1.79. The molecule has 0 aliphatic heterocycles. The number of hydrogen-bond donors (Lipinski definition) is 2. The first-order valence-corrected chi connectivity index (χ1v) is 3.40. The van der Waals surface area contributed by atoms with E-state index in [1.54, 1.807) is 0 Å². The fourth-order valence-electron chi connectivity index (χ4n) is 0. The molecule has 0 saturated heterocycles. The summed E-state index contributed by atoms with van der Waals surface area (Å²) < 4.78 is 9.69. The standard InChI is InChI=1S/C2H7O3P.K/c1-2-6(3,4)5;/h2H2,1H3,(H2,3,4,5);. The molecular weight excluding hydrogens is 142 g/mol. The first-order valence-electron chi connectivity index (χ1n) is 1.61. The van der Waals surface area contributed by atoms with E-state index in [1.807, 2.05) is 0 Å². The van der Waals surface area contributed by atoms with Gasteiger partial charge in [-0.1, -0.05) is 6.92 Å². The molecule has 0 saturated carbocycles. The summed E-state index contributed by atoms with van der Waals surface area (Å²) in [6.07, 6.45) is -0.0625. The van der Waals surface area contributed by atoms with Crippen molar-refractivity contribution in [2.24, 2.45) is 0 Å². The largest absolute Gasteiger partial charge is 0.325 e. The minimum atomic E-state index is -3.65. The summed E-state index contributed by atoms with van der Waals surface area (Å²) in [4.78, 5) is 15.9. The van der Waals surface area contributed by atoms with Crippen LogP contribution >= 0.6 is 7.60 Å². The maximum absolute atomic E-state index is 9.69. The molecule has 0 aromatic heterocycles. The van der Waals surface area contributed by atoms with E-state index in [4.69, 9.17) is 9.79 Å². The van der Waals surface area contributed by atoms with Crippen molar-refractivity contribution in [1.29, 1.82) is 0 Å². The van der Waals surface area contributed by atoms with E-state index in [-0.39, 0.29) is 57.5 Å². The van der Waals surface area contributed by atoms with Gasteiger partial charge in [-0.05, 0) is 0 Å². The fourth-order valence-corrected chi connectivity index (χ4v) is 0. The predicted molar refractivity (Wildman–Crippen MR) is 28.3 cm³/mol. The molecule has 0 aliphatic rings. The van der Waals surface area contributed by atoms with Crippen molar-refractivity contribution in [3.05, 3.63) is 0 Å². The monoisotopic (exact) mass is 149 g/mol. The van der Waals surface area contributed by atoms with Crippen molar-refractivity contribution in [2.45, 2.75) is 6.92 Å². The topological polar surface area (TPSA) is 57.5 Å². The van der Waals surface area contributed by atoms with Crippen LogP contribution in [-0.4, -0.2) is 67.3 Å². The summed E-state index contributed by atoms with van der Waals surface area (Å²) in [5.74, 6) is 0. The second-order valence-corrected chi connectivity index (χ2v) is 2.94. The van der Waals surface area contributed by atoms with Crippen LogP contribution in [0.1, 0.15) is 6.92 Å². The molecule has 0 spiro atoms. The summed E-state index contributed by atoms with van der Waals surface area (Å²) in [5, 5.41) is 0. The molecule has 0 amide bonds. The zero-order valence-electron chi connectivity index (χ0n) is 4.46. The molecule has 0 aromatic carbocycles. The Morgan fingerprint density at radius 1 is 1.57 bits per heavy atom. The zero-order valence-corrected chi connectivity index (χ0v) is 8.47. The summed E-state index contributed by atoms with van der Waals surface area (Å²) in [6.45, 7) is 1.45. The van der Waals surface area contributed by atoms with Crippen LogP contribution in [0.25, 0.3) is 0 Å². The first-order chi connectivity index (χ1) is 2.56. The zero-order chi connectivity index (χ0) is 5.21. The van der Waals surface area contributed by atoms with Gasteiger partial charge in [0.2, 0.25) is 0 Å². The van der Waals surface area contributed by atoms with Crippen molar-refractivity contribution in [2.75, 3.05) is 6.16 Å². The van der Waals surface area contributed by atoms with Crippen LogP contribution in [0, 0.1) is 0 Å². The van der Waals surface area contributed by atoms with Gasteiger partial charge in [-0.2, -0.15) is 0 Å². The van der Waals surface area contributed by atoms with Crippen molar-refractivity contribution >= 4 is 59.0 Å². The molecule has 0 unspecified atom stereocenters. The van der Waals surface area contributed by atoms with Crippen LogP contribution in [0.15, 0.2) is 0 Å². The van der Waals surface area contributed by atoms with Crippen LogP contribution in [0.2, 0.25) is 0 Å². The summed E-state index contributed by atoms with van der Waals surface area (Å²) in [6, 6.07) is 0. The van der Waals surface area contributed by atoms with Gasteiger partial charge in [0.05, 0.1) is 0 Å². The van der Waals surface area contributed by atoms with Crippen LogP contribution in [0.4, 0.5) is 0 Å². The van der Waals surface area contributed by atoms with E-state index in [2.05, 4.69) is 0 Å². The summed E-state index contributed by atoms with van der Waals surface area (Å²) >= 11 is 0. The molecule has 0 bridgehead atoms. The van der Waals surface area contributed by atoms with E-state index in [0.29, 0.717) is 0 Å². The normalized spacial score (nSPS) is 10.1. The van der Waals surface area contributed by atoms with Gasteiger partial charge < -0.3 is 9.79 Å². The van der Waals surface area contributed by atoms with Crippen molar-refractivity contribution in [1.82, 2.24) is 0 Å². The second-order valence-electron chi connectivity index (χ2n) is 0.981. The van der Waals surface area contributed by atoms with Gasteiger partial charge in [0.25, 0.3) is 0 Å². The molecule has 0 rings (SSSR count). The smallest absolute Gasteiger partial charge is 0.324 e.